The molecule has 80 valence electrons. The zero-order valence-corrected chi connectivity index (χ0v) is 8.94. The topological polar surface area (TPSA) is 41.1 Å². The van der Waals surface area contributed by atoms with Crippen LogP contribution in [0.15, 0.2) is 11.6 Å². The maximum Gasteiger partial charge on any atom is 0.221 e. The van der Waals surface area contributed by atoms with Crippen LogP contribution in [0.3, 0.4) is 0 Å². The van der Waals surface area contributed by atoms with Crippen LogP contribution in [-0.2, 0) is 4.79 Å². The van der Waals surface area contributed by atoms with Crippen LogP contribution in [0.4, 0.5) is 0 Å². The predicted molar refractivity (Wildman–Crippen MR) is 58.1 cm³/mol. The average Bonchev–Trinajstić information content (AvgIpc) is 2.67. The van der Waals surface area contributed by atoms with Gasteiger partial charge in [-0.3, -0.25) is 4.79 Å². The van der Waals surface area contributed by atoms with Crippen LogP contribution in [0.1, 0.15) is 32.1 Å². The van der Waals surface area contributed by atoms with Crippen molar-refractivity contribution in [2.45, 2.75) is 32.1 Å². The van der Waals surface area contributed by atoms with Crippen molar-refractivity contribution in [1.82, 2.24) is 10.6 Å². The zero-order valence-electron chi connectivity index (χ0n) is 8.94. The Morgan fingerprint density at radius 2 is 2.36 bits per heavy atom. The SMILES string of the molecule is CNCCC(=O)NCCC1=CCCC1. The van der Waals surface area contributed by atoms with Gasteiger partial charge in [-0.15, -0.1) is 0 Å². The van der Waals surface area contributed by atoms with E-state index in [-0.39, 0.29) is 5.91 Å². The maximum atomic E-state index is 11.2. The molecule has 0 spiro atoms. The average molecular weight is 196 g/mol. The summed E-state index contributed by atoms with van der Waals surface area (Å²) in [6.07, 6.45) is 7.67. The molecule has 14 heavy (non-hydrogen) atoms. The lowest BCUT2D eigenvalue weighted by atomic mass is 10.2. The molecule has 0 atom stereocenters. The first-order valence-corrected chi connectivity index (χ1v) is 5.42. The van der Waals surface area contributed by atoms with Gasteiger partial charge in [0, 0.05) is 19.5 Å². The molecule has 0 saturated carbocycles. The molecule has 1 aliphatic rings. The highest BCUT2D eigenvalue weighted by Crippen LogP contribution is 2.19. The van der Waals surface area contributed by atoms with E-state index in [0.29, 0.717) is 6.42 Å². The molecular weight excluding hydrogens is 176 g/mol. The molecule has 1 rings (SSSR count). The molecular formula is C11H20N2O. The number of amides is 1. The van der Waals surface area contributed by atoms with E-state index in [9.17, 15) is 4.79 Å². The molecule has 0 heterocycles. The predicted octanol–water partition coefficient (Wildman–Crippen LogP) is 1.21. The number of allylic oxidation sites excluding steroid dienone is 1. The van der Waals surface area contributed by atoms with Crippen LogP contribution in [0.2, 0.25) is 0 Å². The highest BCUT2D eigenvalue weighted by atomic mass is 16.1. The Morgan fingerprint density at radius 1 is 1.50 bits per heavy atom. The highest BCUT2D eigenvalue weighted by molar-refractivity contribution is 5.76. The van der Waals surface area contributed by atoms with Crippen LogP contribution in [0.25, 0.3) is 0 Å². The van der Waals surface area contributed by atoms with Gasteiger partial charge in [0.05, 0.1) is 0 Å². The molecule has 0 aliphatic heterocycles. The lowest BCUT2D eigenvalue weighted by molar-refractivity contribution is -0.120. The number of carbonyl (C=O) groups excluding carboxylic acids is 1. The Hall–Kier alpha value is -0.830. The van der Waals surface area contributed by atoms with E-state index in [1.54, 1.807) is 0 Å². The highest BCUT2D eigenvalue weighted by Gasteiger charge is 2.04. The van der Waals surface area contributed by atoms with Gasteiger partial charge in [0.1, 0.15) is 0 Å². The molecule has 0 radical (unpaired) electrons. The third-order valence-electron chi connectivity index (χ3n) is 2.51. The van der Waals surface area contributed by atoms with Gasteiger partial charge in [-0.25, -0.2) is 0 Å². The Labute approximate surface area is 86.0 Å². The molecule has 1 amide bonds. The maximum absolute atomic E-state index is 11.2. The van der Waals surface area contributed by atoms with Gasteiger partial charge in [0.25, 0.3) is 0 Å². The van der Waals surface area contributed by atoms with Gasteiger partial charge in [0.2, 0.25) is 5.91 Å². The van der Waals surface area contributed by atoms with Crippen LogP contribution in [0.5, 0.6) is 0 Å². The minimum absolute atomic E-state index is 0.151. The Balaban J connectivity index is 2.00. The first kappa shape index (κ1) is 11.2. The van der Waals surface area contributed by atoms with Gasteiger partial charge in [-0.05, 0) is 32.7 Å². The molecule has 3 heteroatoms. The van der Waals surface area contributed by atoms with E-state index in [4.69, 9.17) is 0 Å². The summed E-state index contributed by atoms with van der Waals surface area (Å²) >= 11 is 0. The van der Waals surface area contributed by atoms with Gasteiger partial charge >= 0.3 is 0 Å². The summed E-state index contributed by atoms with van der Waals surface area (Å²) in [5, 5.41) is 5.88. The lowest BCUT2D eigenvalue weighted by Gasteiger charge is -2.05. The van der Waals surface area contributed by atoms with Crippen molar-refractivity contribution >= 4 is 5.91 Å². The summed E-state index contributed by atoms with van der Waals surface area (Å²) in [7, 11) is 1.86. The van der Waals surface area contributed by atoms with Crippen molar-refractivity contribution < 1.29 is 4.79 Å². The minimum Gasteiger partial charge on any atom is -0.356 e. The van der Waals surface area contributed by atoms with Crippen molar-refractivity contribution in [3.63, 3.8) is 0 Å². The molecule has 0 fully saturated rings. The van der Waals surface area contributed by atoms with Crippen molar-refractivity contribution in [1.29, 1.82) is 0 Å². The second-order valence-electron chi connectivity index (χ2n) is 3.71. The van der Waals surface area contributed by atoms with E-state index in [1.165, 1.54) is 24.8 Å². The van der Waals surface area contributed by atoms with Crippen LogP contribution in [0, 0.1) is 0 Å². The molecule has 0 aromatic carbocycles. The largest absolute Gasteiger partial charge is 0.356 e. The zero-order chi connectivity index (χ0) is 10.2. The van der Waals surface area contributed by atoms with E-state index in [0.717, 1.165) is 19.5 Å². The molecule has 2 N–H and O–H groups in total. The molecule has 0 bridgehead atoms. The molecule has 0 aromatic heterocycles. The quantitative estimate of drug-likeness (QED) is 0.627. The fourth-order valence-electron chi connectivity index (χ4n) is 1.65. The number of hydrogen-bond donors (Lipinski definition) is 2. The summed E-state index contributed by atoms with van der Waals surface area (Å²) in [6.45, 7) is 1.56. The number of nitrogens with one attached hydrogen (secondary N) is 2. The number of rotatable bonds is 6. The lowest BCUT2D eigenvalue weighted by Crippen LogP contribution is -2.27. The summed E-state index contributed by atoms with van der Waals surface area (Å²) in [6, 6.07) is 0. The fraction of sp³-hybridized carbons (Fsp3) is 0.727. The molecule has 0 saturated heterocycles. The normalized spacial score (nSPS) is 15.4. The third kappa shape index (κ3) is 4.42. The second kappa shape index (κ2) is 6.60. The summed E-state index contributed by atoms with van der Waals surface area (Å²) < 4.78 is 0. The van der Waals surface area contributed by atoms with Crippen LogP contribution < -0.4 is 10.6 Å². The standard InChI is InChI=1S/C11H20N2O/c1-12-8-7-11(14)13-9-6-10-4-2-3-5-10/h4,12H,2-3,5-9H2,1H3,(H,13,14). The van der Waals surface area contributed by atoms with Gasteiger partial charge in [-0.2, -0.15) is 0 Å². The van der Waals surface area contributed by atoms with Crippen molar-refractivity contribution in [3.8, 4) is 0 Å². The fourth-order valence-corrected chi connectivity index (χ4v) is 1.65. The molecule has 3 nitrogen and oxygen atoms in total. The van der Waals surface area contributed by atoms with E-state index in [1.807, 2.05) is 7.05 Å². The molecule has 0 aromatic rings. The van der Waals surface area contributed by atoms with Gasteiger partial charge < -0.3 is 10.6 Å². The smallest absolute Gasteiger partial charge is 0.221 e. The summed E-state index contributed by atoms with van der Waals surface area (Å²) in [4.78, 5) is 11.2. The van der Waals surface area contributed by atoms with Crippen LogP contribution in [-0.4, -0.2) is 26.0 Å². The minimum atomic E-state index is 0.151. The third-order valence-corrected chi connectivity index (χ3v) is 2.51. The summed E-state index contributed by atoms with van der Waals surface area (Å²) in [5.74, 6) is 0.151. The van der Waals surface area contributed by atoms with Crippen molar-refractivity contribution in [3.05, 3.63) is 11.6 Å². The Bertz CT molecular complexity index is 211. The Kier molecular flexibility index (Phi) is 5.30. The van der Waals surface area contributed by atoms with Crippen molar-refractivity contribution in [2.75, 3.05) is 20.1 Å². The number of carbonyl (C=O) groups is 1. The van der Waals surface area contributed by atoms with Crippen molar-refractivity contribution in [2.24, 2.45) is 0 Å². The summed E-state index contributed by atoms with van der Waals surface area (Å²) in [5.41, 5.74) is 1.51. The van der Waals surface area contributed by atoms with Crippen LogP contribution >= 0.6 is 0 Å². The Morgan fingerprint density at radius 3 is 3.00 bits per heavy atom. The molecule has 1 aliphatic carbocycles. The molecule has 0 unspecified atom stereocenters. The first-order chi connectivity index (χ1) is 6.83. The van der Waals surface area contributed by atoms with E-state index in [2.05, 4.69) is 16.7 Å². The monoisotopic (exact) mass is 196 g/mol. The van der Waals surface area contributed by atoms with E-state index >= 15 is 0 Å². The first-order valence-electron chi connectivity index (χ1n) is 5.42. The second-order valence-corrected chi connectivity index (χ2v) is 3.71. The van der Waals surface area contributed by atoms with Gasteiger partial charge in [0.15, 0.2) is 0 Å². The van der Waals surface area contributed by atoms with Gasteiger partial charge in [-0.1, -0.05) is 11.6 Å². The van der Waals surface area contributed by atoms with E-state index < -0.39 is 0 Å². The number of hydrogen-bond acceptors (Lipinski definition) is 2.